The summed E-state index contributed by atoms with van der Waals surface area (Å²) in [6, 6.07) is 5.63. The number of aromatic amines is 1. The molecule has 0 aliphatic carbocycles. The molecule has 1 aromatic carbocycles. The summed E-state index contributed by atoms with van der Waals surface area (Å²) in [4.78, 5) is 16.2. The van der Waals surface area contributed by atoms with Gasteiger partial charge in [0.25, 0.3) is 0 Å². The van der Waals surface area contributed by atoms with Crippen LogP contribution in [0.2, 0.25) is 0 Å². The van der Waals surface area contributed by atoms with Gasteiger partial charge in [0.2, 0.25) is 0 Å². The summed E-state index contributed by atoms with van der Waals surface area (Å²) in [5.41, 5.74) is 2.33. The standard InChI is InChI=1S/C13H18N4O2/c18-13-16-11-9-10(1-2-12(11)19-13)15-5-8-17-6-3-14-4-7-17/h1-2,9,14-15H,3-8H2,(H,16,18). The molecular formula is C13H18N4O2. The molecule has 1 aliphatic rings. The number of piperazine rings is 1. The molecule has 0 unspecified atom stereocenters. The topological polar surface area (TPSA) is 73.3 Å². The molecule has 0 bridgehead atoms. The number of hydrogen-bond acceptors (Lipinski definition) is 5. The van der Waals surface area contributed by atoms with Crippen molar-refractivity contribution in [3.05, 3.63) is 28.7 Å². The molecule has 1 aliphatic heterocycles. The van der Waals surface area contributed by atoms with Gasteiger partial charge in [-0.2, -0.15) is 0 Å². The van der Waals surface area contributed by atoms with Crippen molar-refractivity contribution in [2.45, 2.75) is 0 Å². The lowest BCUT2D eigenvalue weighted by Gasteiger charge is -2.27. The molecule has 1 aromatic heterocycles. The van der Waals surface area contributed by atoms with E-state index in [0.717, 1.165) is 50.5 Å². The van der Waals surface area contributed by atoms with Gasteiger partial charge in [-0.05, 0) is 18.2 Å². The molecule has 19 heavy (non-hydrogen) atoms. The first kappa shape index (κ1) is 12.3. The first-order valence-corrected chi connectivity index (χ1v) is 6.61. The lowest BCUT2D eigenvalue weighted by molar-refractivity contribution is 0.249. The van der Waals surface area contributed by atoms with Gasteiger partial charge in [0, 0.05) is 45.0 Å². The molecule has 0 atom stereocenters. The van der Waals surface area contributed by atoms with E-state index in [9.17, 15) is 4.79 Å². The Hall–Kier alpha value is -1.79. The number of anilines is 1. The van der Waals surface area contributed by atoms with Crippen molar-refractivity contribution in [1.29, 1.82) is 0 Å². The largest absolute Gasteiger partial charge is 0.417 e. The molecule has 0 saturated carbocycles. The van der Waals surface area contributed by atoms with Crippen molar-refractivity contribution >= 4 is 16.8 Å². The monoisotopic (exact) mass is 262 g/mol. The number of benzene rings is 1. The van der Waals surface area contributed by atoms with Gasteiger partial charge in [0.15, 0.2) is 5.58 Å². The molecule has 3 rings (SSSR count). The molecule has 0 radical (unpaired) electrons. The smallest absolute Gasteiger partial charge is 0.408 e. The van der Waals surface area contributed by atoms with E-state index in [1.165, 1.54) is 0 Å². The van der Waals surface area contributed by atoms with E-state index in [1.54, 1.807) is 6.07 Å². The van der Waals surface area contributed by atoms with Gasteiger partial charge in [0.05, 0.1) is 5.52 Å². The van der Waals surface area contributed by atoms with Crippen LogP contribution in [0.15, 0.2) is 27.4 Å². The second kappa shape index (κ2) is 5.46. The normalized spacial score (nSPS) is 16.8. The van der Waals surface area contributed by atoms with Gasteiger partial charge < -0.3 is 15.1 Å². The molecule has 6 heteroatoms. The molecule has 102 valence electrons. The Morgan fingerprint density at radius 2 is 2.16 bits per heavy atom. The fourth-order valence-electron chi connectivity index (χ4n) is 2.36. The Labute approximate surface area is 110 Å². The third-order valence-electron chi connectivity index (χ3n) is 3.39. The number of rotatable bonds is 4. The highest BCUT2D eigenvalue weighted by atomic mass is 16.4. The lowest BCUT2D eigenvalue weighted by atomic mass is 10.3. The predicted molar refractivity (Wildman–Crippen MR) is 74.6 cm³/mol. The highest BCUT2D eigenvalue weighted by Gasteiger charge is 2.08. The molecule has 6 nitrogen and oxygen atoms in total. The van der Waals surface area contributed by atoms with Crippen molar-refractivity contribution in [3.63, 3.8) is 0 Å². The number of nitrogens with one attached hydrogen (secondary N) is 3. The van der Waals surface area contributed by atoms with Crippen LogP contribution in [0.4, 0.5) is 5.69 Å². The Morgan fingerprint density at radius 3 is 3.00 bits per heavy atom. The summed E-state index contributed by atoms with van der Waals surface area (Å²) in [7, 11) is 0. The molecule has 0 amide bonds. The Kier molecular flexibility index (Phi) is 3.52. The van der Waals surface area contributed by atoms with Crippen LogP contribution in [-0.4, -0.2) is 49.2 Å². The van der Waals surface area contributed by atoms with Crippen LogP contribution in [0.25, 0.3) is 11.1 Å². The summed E-state index contributed by atoms with van der Waals surface area (Å²) in [5, 5.41) is 6.71. The number of nitrogens with zero attached hydrogens (tertiary/aromatic N) is 1. The van der Waals surface area contributed by atoms with Crippen LogP contribution in [0, 0.1) is 0 Å². The Bertz CT molecular complexity index is 598. The van der Waals surface area contributed by atoms with Crippen LogP contribution >= 0.6 is 0 Å². The van der Waals surface area contributed by atoms with Crippen LogP contribution in [0.5, 0.6) is 0 Å². The second-order valence-corrected chi connectivity index (χ2v) is 4.74. The first-order chi connectivity index (χ1) is 9.31. The highest BCUT2D eigenvalue weighted by Crippen LogP contribution is 2.15. The van der Waals surface area contributed by atoms with Crippen molar-refractivity contribution in [2.75, 3.05) is 44.6 Å². The summed E-state index contributed by atoms with van der Waals surface area (Å²) in [6.45, 7) is 6.28. The van der Waals surface area contributed by atoms with Crippen LogP contribution < -0.4 is 16.4 Å². The summed E-state index contributed by atoms with van der Waals surface area (Å²) < 4.78 is 4.97. The van der Waals surface area contributed by atoms with E-state index < -0.39 is 5.76 Å². The summed E-state index contributed by atoms with van der Waals surface area (Å²) in [5.74, 6) is -0.409. The van der Waals surface area contributed by atoms with Crippen molar-refractivity contribution < 1.29 is 4.42 Å². The summed E-state index contributed by atoms with van der Waals surface area (Å²) >= 11 is 0. The van der Waals surface area contributed by atoms with Gasteiger partial charge in [-0.1, -0.05) is 0 Å². The predicted octanol–water partition coefficient (Wildman–Crippen LogP) is 0.438. The quantitative estimate of drug-likeness (QED) is 0.745. The van der Waals surface area contributed by atoms with Crippen LogP contribution in [0.1, 0.15) is 0 Å². The molecule has 3 N–H and O–H groups in total. The maximum atomic E-state index is 11.1. The van der Waals surface area contributed by atoms with Gasteiger partial charge in [-0.3, -0.25) is 9.88 Å². The number of hydrogen-bond donors (Lipinski definition) is 3. The zero-order chi connectivity index (χ0) is 13.1. The van der Waals surface area contributed by atoms with E-state index in [4.69, 9.17) is 4.42 Å². The molecule has 2 heterocycles. The van der Waals surface area contributed by atoms with E-state index in [-0.39, 0.29) is 0 Å². The average Bonchev–Trinajstić information content (AvgIpc) is 2.79. The van der Waals surface area contributed by atoms with Gasteiger partial charge in [-0.25, -0.2) is 4.79 Å². The third-order valence-corrected chi connectivity index (χ3v) is 3.39. The SMILES string of the molecule is O=c1[nH]c2cc(NCCN3CCNCC3)ccc2o1. The Morgan fingerprint density at radius 1 is 1.32 bits per heavy atom. The minimum atomic E-state index is -0.409. The van der Waals surface area contributed by atoms with E-state index in [1.807, 2.05) is 12.1 Å². The molecule has 1 fully saturated rings. The molecular weight excluding hydrogens is 244 g/mol. The van der Waals surface area contributed by atoms with Crippen molar-refractivity contribution in [1.82, 2.24) is 15.2 Å². The molecule has 1 saturated heterocycles. The molecule has 0 spiro atoms. The van der Waals surface area contributed by atoms with Crippen LogP contribution in [0.3, 0.4) is 0 Å². The number of H-pyrrole nitrogens is 1. The number of oxazole rings is 1. The third kappa shape index (κ3) is 2.97. The maximum Gasteiger partial charge on any atom is 0.417 e. The number of aromatic nitrogens is 1. The zero-order valence-corrected chi connectivity index (χ0v) is 10.7. The van der Waals surface area contributed by atoms with Gasteiger partial charge in [-0.15, -0.1) is 0 Å². The van der Waals surface area contributed by atoms with Gasteiger partial charge in [0.1, 0.15) is 0 Å². The lowest BCUT2D eigenvalue weighted by Crippen LogP contribution is -2.45. The maximum absolute atomic E-state index is 11.1. The molecule has 2 aromatic rings. The highest BCUT2D eigenvalue weighted by molar-refractivity contribution is 5.76. The van der Waals surface area contributed by atoms with E-state index in [0.29, 0.717) is 5.58 Å². The summed E-state index contributed by atoms with van der Waals surface area (Å²) in [6.07, 6.45) is 0. The minimum absolute atomic E-state index is 0.409. The van der Waals surface area contributed by atoms with Crippen molar-refractivity contribution in [3.8, 4) is 0 Å². The van der Waals surface area contributed by atoms with Gasteiger partial charge >= 0.3 is 5.76 Å². The van der Waals surface area contributed by atoms with E-state index >= 15 is 0 Å². The van der Waals surface area contributed by atoms with Crippen LogP contribution in [-0.2, 0) is 0 Å². The fourth-order valence-corrected chi connectivity index (χ4v) is 2.36. The Balaban J connectivity index is 1.57. The average molecular weight is 262 g/mol. The van der Waals surface area contributed by atoms with Crippen molar-refractivity contribution in [2.24, 2.45) is 0 Å². The fraction of sp³-hybridized carbons (Fsp3) is 0.462. The number of fused-ring (bicyclic) bond motifs is 1. The minimum Gasteiger partial charge on any atom is -0.408 e. The zero-order valence-electron chi connectivity index (χ0n) is 10.7. The van der Waals surface area contributed by atoms with E-state index in [2.05, 4.69) is 20.5 Å². The second-order valence-electron chi connectivity index (χ2n) is 4.74. The first-order valence-electron chi connectivity index (χ1n) is 6.61.